The Morgan fingerprint density at radius 1 is 1.71 bits per heavy atom. The van der Waals surface area contributed by atoms with Gasteiger partial charge in [-0.1, -0.05) is 6.92 Å². The molecule has 1 aliphatic carbocycles. The van der Waals surface area contributed by atoms with Crippen LogP contribution in [0.2, 0.25) is 0 Å². The second kappa shape index (κ2) is 3.74. The molecule has 1 aromatic heterocycles. The molecule has 0 fully saturated rings. The molecule has 90 valence electrons. The molecule has 3 N–H and O–H groups in total. The predicted octanol–water partition coefficient (Wildman–Crippen LogP) is 2.44. The average molecular weight is 250 g/mol. The number of nitrogens with zero attached hydrogens (tertiary/aromatic N) is 1. The van der Waals surface area contributed by atoms with Crippen LogP contribution in [-0.2, 0) is 10.2 Å². The van der Waals surface area contributed by atoms with Crippen LogP contribution in [0.5, 0.6) is 0 Å². The first-order valence-corrected chi connectivity index (χ1v) is 6.29. The molecule has 0 saturated carbocycles. The number of aliphatic carboxylic acids is 1. The maximum absolute atomic E-state index is 11.5. The summed E-state index contributed by atoms with van der Waals surface area (Å²) in [7, 11) is 0. The Morgan fingerprint density at radius 2 is 2.35 bits per heavy atom. The van der Waals surface area contributed by atoms with Crippen LogP contribution in [0.1, 0.15) is 48.6 Å². The van der Waals surface area contributed by atoms with Gasteiger partial charge in [0.1, 0.15) is 11.1 Å². The molecule has 2 atom stereocenters. The molecule has 0 saturated heterocycles. The van der Waals surface area contributed by atoms with Gasteiger partial charge in [-0.25, -0.2) is 0 Å². The Kier molecular flexibility index (Phi) is 2.63. The first kappa shape index (κ1) is 11.9. The lowest BCUT2D eigenvalue weighted by atomic mass is 9.70. The van der Waals surface area contributed by atoms with Gasteiger partial charge in [-0.3, -0.25) is 4.79 Å². The zero-order valence-corrected chi connectivity index (χ0v) is 10.6. The van der Waals surface area contributed by atoms with E-state index in [1.165, 1.54) is 11.3 Å². The Morgan fingerprint density at radius 3 is 2.88 bits per heavy atom. The lowest BCUT2D eigenvalue weighted by Gasteiger charge is -2.33. The summed E-state index contributed by atoms with van der Waals surface area (Å²) in [5, 5.41) is 19.0. The van der Waals surface area contributed by atoms with E-state index in [0.29, 0.717) is 22.5 Å². The van der Waals surface area contributed by atoms with Gasteiger partial charge in [0.25, 0.3) is 0 Å². The van der Waals surface area contributed by atoms with Crippen LogP contribution >= 0.6 is 11.3 Å². The van der Waals surface area contributed by atoms with Crippen molar-refractivity contribution >= 4 is 22.3 Å². The summed E-state index contributed by atoms with van der Waals surface area (Å²) < 4.78 is 0. The number of nitrogen functional groups attached to an aromatic ring is 1. The number of hydrogen-bond donors (Lipinski definition) is 2. The minimum Gasteiger partial charge on any atom is -0.481 e. The number of carbonyl (C=O) groups is 1. The fourth-order valence-electron chi connectivity index (χ4n) is 2.45. The van der Waals surface area contributed by atoms with E-state index in [9.17, 15) is 9.90 Å². The van der Waals surface area contributed by atoms with Crippen molar-refractivity contribution in [3.8, 4) is 6.07 Å². The van der Waals surface area contributed by atoms with Gasteiger partial charge in [0, 0.05) is 10.4 Å². The van der Waals surface area contributed by atoms with Gasteiger partial charge >= 0.3 is 5.97 Å². The summed E-state index contributed by atoms with van der Waals surface area (Å²) in [6, 6.07) is 2.06. The number of nitriles is 1. The van der Waals surface area contributed by atoms with Crippen LogP contribution in [-0.4, -0.2) is 11.1 Å². The summed E-state index contributed by atoms with van der Waals surface area (Å²) in [5.74, 6) is -0.591. The van der Waals surface area contributed by atoms with Crippen LogP contribution in [0, 0.1) is 11.3 Å². The fourth-order valence-corrected chi connectivity index (χ4v) is 3.68. The Hall–Kier alpha value is -1.54. The number of thiophene rings is 1. The molecule has 17 heavy (non-hydrogen) atoms. The monoisotopic (exact) mass is 250 g/mol. The Balaban J connectivity index is 2.75. The zero-order valence-electron chi connectivity index (χ0n) is 9.78. The molecule has 1 unspecified atom stereocenters. The first-order chi connectivity index (χ1) is 7.91. The SMILES string of the molecule is CC1CC[C@](C)(C(=O)O)c2c1sc(N)c2C#N. The topological polar surface area (TPSA) is 87.1 Å². The number of nitrogens with two attached hydrogens (primary N) is 1. The molecule has 0 radical (unpaired) electrons. The van der Waals surface area contributed by atoms with Gasteiger partial charge in [0.05, 0.1) is 11.0 Å². The maximum atomic E-state index is 11.5. The second-order valence-electron chi connectivity index (χ2n) is 4.77. The predicted molar refractivity (Wildman–Crippen MR) is 66.1 cm³/mol. The highest BCUT2D eigenvalue weighted by atomic mass is 32.1. The number of carboxylic acid groups (broad SMARTS) is 1. The first-order valence-electron chi connectivity index (χ1n) is 5.48. The largest absolute Gasteiger partial charge is 0.481 e. The minimum absolute atomic E-state index is 0.284. The van der Waals surface area contributed by atoms with Crippen LogP contribution in [0.25, 0.3) is 0 Å². The molecular formula is C12H14N2O2S. The second-order valence-corrected chi connectivity index (χ2v) is 5.85. The maximum Gasteiger partial charge on any atom is 0.313 e. The molecule has 2 rings (SSSR count). The Labute approximate surface area is 104 Å². The highest BCUT2D eigenvalue weighted by Gasteiger charge is 2.44. The van der Waals surface area contributed by atoms with Crippen LogP contribution in [0.15, 0.2) is 0 Å². The molecule has 1 aliphatic rings. The highest BCUT2D eigenvalue weighted by molar-refractivity contribution is 7.16. The fraction of sp³-hybridized carbons (Fsp3) is 0.500. The number of carboxylic acids is 1. The van der Waals surface area contributed by atoms with Crippen molar-refractivity contribution in [2.24, 2.45) is 0 Å². The van der Waals surface area contributed by atoms with Crippen molar-refractivity contribution in [3.05, 3.63) is 16.0 Å². The molecule has 1 heterocycles. The minimum atomic E-state index is -0.971. The van der Waals surface area contributed by atoms with Gasteiger partial charge in [-0.15, -0.1) is 11.3 Å². The Bertz CT molecular complexity index is 529. The van der Waals surface area contributed by atoms with Crippen molar-refractivity contribution in [1.82, 2.24) is 0 Å². The van der Waals surface area contributed by atoms with E-state index in [-0.39, 0.29) is 5.92 Å². The van der Waals surface area contributed by atoms with Crippen LogP contribution in [0.3, 0.4) is 0 Å². The molecule has 0 aromatic carbocycles. The molecule has 0 spiro atoms. The van der Waals surface area contributed by atoms with E-state index in [0.717, 1.165) is 11.3 Å². The lowest BCUT2D eigenvalue weighted by molar-refractivity contribution is -0.143. The zero-order chi connectivity index (χ0) is 12.8. The smallest absolute Gasteiger partial charge is 0.313 e. The summed E-state index contributed by atoms with van der Waals surface area (Å²) in [6.07, 6.45) is 1.38. The summed E-state index contributed by atoms with van der Waals surface area (Å²) in [4.78, 5) is 12.4. The average Bonchev–Trinajstić information content (AvgIpc) is 2.62. The lowest BCUT2D eigenvalue weighted by Crippen LogP contribution is -2.36. The number of anilines is 1. The van der Waals surface area contributed by atoms with E-state index in [2.05, 4.69) is 13.0 Å². The molecule has 0 amide bonds. The number of fused-ring (bicyclic) bond motifs is 1. The number of rotatable bonds is 1. The molecule has 0 bridgehead atoms. The third-order valence-electron chi connectivity index (χ3n) is 3.62. The molecule has 0 aliphatic heterocycles. The van der Waals surface area contributed by atoms with Crippen LogP contribution < -0.4 is 5.73 Å². The molecule has 5 heteroatoms. The molecule has 1 aromatic rings. The summed E-state index contributed by atoms with van der Waals surface area (Å²) >= 11 is 1.36. The van der Waals surface area contributed by atoms with Crippen molar-refractivity contribution in [1.29, 1.82) is 5.26 Å². The van der Waals surface area contributed by atoms with E-state index in [4.69, 9.17) is 11.0 Å². The van der Waals surface area contributed by atoms with Gasteiger partial charge in [0.2, 0.25) is 0 Å². The third kappa shape index (κ3) is 1.52. The van der Waals surface area contributed by atoms with Gasteiger partial charge in [-0.05, 0) is 25.7 Å². The molecular weight excluding hydrogens is 236 g/mol. The highest BCUT2D eigenvalue weighted by Crippen LogP contribution is 2.49. The van der Waals surface area contributed by atoms with E-state index in [1.54, 1.807) is 6.92 Å². The van der Waals surface area contributed by atoms with Crippen molar-refractivity contribution < 1.29 is 9.90 Å². The quantitative estimate of drug-likeness (QED) is 0.801. The van der Waals surface area contributed by atoms with E-state index in [1.807, 2.05) is 0 Å². The normalized spacial score (nSPS) is 27.2. The van der Waals surface area contributed by atoms with E-state index < -0.39 is 11.4 Å². The molecule has 4 nitrogen and oxygen atoms in total. The summed E-state index contributed by atoms with van der Waals surface area (Å²) in [5.41, 5.74) is 5.86. The summed E-state index contributed by atoms with van der Waals surface area (Å²) in [6.45, 7) is 3.74. The third-order valence-corrected chi connectivity index (χ3v) is 4.87. The van der Waals surface area contributed by atoms with Crippen molar-refractivity contribution in [3.63, 3.8) is 0 Å². The van der Waals surface area contributed by atoms with Crippen LogP contribution in [0.4, 0.5) is 5.00 Å². The van der Waals surface area contributed by atoms with Gasteiger partial charge in [-0.2, -0.15) is 5.26 Å². The number of hydrogen-bond acceptors (Lipinski definition) is 4. The van der Waals surface area contributed by atoms with Gasteiger partial charge < -0.3 is 10.8 Å². The standard InChI is InChI=1S/C12H14N2O2S/c1-6-3-4-12(2,11(15)16)8-7(5-13)10(14)17-9(6)8/h6H,3-4,14H2,1-2H3,(H,15,16)/t6?,12-/m0/s1. The van der Waals surface area contributed by atoms with Crippen molar-refractivity contribution in [2.45, 2.75) is 38.0 Å². The van der Waals surface area contributed by atoms with Crippen molar-refractivity contribution in [2.75, 3.05) is 5.73 Å². The van der Waals surface area contributed by atoms with Gasteiger partial charge in [0.15, 0.2) is 0 Å². The van der Waals surface area contributed by atoms with E-state index >= 15 is 0 Å².